The third-order valence-corrected chi connectivity index (χ3v) is 7.13. The molecule has 11 nitrogen and oxygen atoms in total. The number of carbonyl (C=O) groups excluding carboxylic acids is 5. The van der Waals surface area contributed by atoms with Crippen molar-refractivity contribution in [2.75, 3.05) is 13.2 Å². The van der Waals surface area contributed by atoms with Crippen molar-refractivity contribution in [2.45, 2.75) is 64.8 Å². The largest absolute Gasteiger partial charge is 0.463 e. The number of hydrogen-bond acceptors (Lipinski definition) is 7. The predicted octanol–water partition coefficient (Wildman–Crippen LogP) is 2.80. The van der Waals surface area contributed by atoms with Crippen LogP contribution in [0.4, 0.5) is 4.79 Å². The van der Waals surface area contributed by atoms with Gasteiger partial charge in [0.15, 0.2) is 0 Å². The lowest BCUT2D eigenvalue weighted by Gasteiger charge is -2.26. The zero-order valence-electron chi connectivity index (χ0n) is 25.4. The van der Waals surface area contributed by atoms with Gasteiger partial charge in [-0.1, -0.05) is 80.6 Å². The first-order chi connectivity index (χ1) is 21.2. The molecule has 1 aliphatic heterocycles. The van der Waals surface area contributed by atoms with Crippen LogP contribution in [0, 0.1) is 11.8 Å². The molecule has 4 atom stereocenters. The lowest BCUT2D eigenvalue weighted by Crippen LogP contribution is -2.57. The third-order valence-electron chi connectivity index (χ3n) is 7.13. The van der Waals surface area contributed by atoms with Crippen molar-refractivity contribution in [1.29, 1.82) is 0 Å². The highest BCUT2D eigenvalue weighted by Gasteiger charge is 2.32. The predicted molar refractivity (Wildman–Crippen MR) is 164 cm³/mol. The van der Waals surface area contributed by atoms with Crippen molar-refractivity contribution >= 4 is 29.8 Å². The van der Waals surface area contributed by atoms with Gasteiger partial charge < -0.3 is 30.7 Å². The van der Waals surface area contributed by atoms with Crippen LogP contribution in [-0.4, -0.2) is 61.1 Å². The molecule has 0 aromatic heterocycles. The number of esters is 1. The summed E-state index contributed by atoms with van der Waals surface area (Å²) in [5.74, 6) is -2.41. The van der Waals surface area contributed by atoms with Crippen LogP contribution in [0.1, 0.15) is 44.7 Å². The van der Waals surface area contributed by atoms with E-state index in [2.05, 4.69) is 21.3 Å². The van der Waals surface area contributed by atoms with Gasteiger partial charge in [-0.15, -0.1) is 0 Å². The van der Waals surface area contributed by atoms with Crippen molar-refractivity contribution in [2.24, 2.45) is 11.8 Å². The van der Waals surface area contributed by atoms with E-state index in [-0.39, 0.29) is 43.8 Å². The zero-order chi connectivity index (χ0) is 31.9. The number of benzene rings is 2. The molecule has 1 heterocycles. The lowest BCUT2D eigenvalue weighted by atomic mass is 9.97. The number of carbonyl (C=O) groups is 5. The Hall–Kier alpha value is -4.67. The average molecular weight is 607 g/mol. The molecule has 4 N–H and O–H groups in total. The summed E-state index contributed by atoms with van der Waals surface area (Å²) in [6.07, 6.45) is 3.01. The smallest absolute Gasteiger partial charge is 0.408 e. The standard InChI is InChI=1S/C33H42N4O7/c1-4-43-28(38)16-15-26(20-25-17-18-34-30(25)39)35-31(40)27(19-23-11-7-5-8-12-23)36-32(41)29(22(2)3)37-33(42)44-21-24-13-9-6-10-14-24/h5-16,22,25-27,29H,4,17-21H2,1-3H3,(H,34,39)(H,35,40)(H,36,41)(H,37,42)/b16-15+/t25-,26+,27+,29-/m0/s1. The van der Waals surface area contributed by atoms with E-state index >= 15 is 0 Å². The van der Waals surface area contributed by atoms with E-state index in [4.69, 9.17) is 9.47 Å². The van der Waals surface area contributed by atoms with Crippen molar-refractivity contribution < 1.29 is 33.4 Å². The third kappa shape index (κ3) is 11.2. The summed E-state index contributed by atoms with van der Waals surface area (Å²) >= 11 is 0. The quantitative estimate of drug-likeness (QED) is 0.180. The Balaban J connectivity index is 1.75. The molecular formula is C33H42N4O7. The monoisotopic (exact) mass is 606 g/mol. The van der Waals surface area contributed by atoms with Crippen LogP contribution in [0.2, 0.25) is 0 Å². The SMILES string of the molecule is CCOC(=O)/C=C/[C@H](C[C@@H]1CCNC1=O)NC(=O)[C@@H](Cc1ccccc1)NC(=O)[C@@H](NC(=O)OCc1ccccc1)C(C)C. The number of ether oxygens (including phenoxy) is 2. The van der Waals surface area contributed by atoms with Gasteiger partial charge >= 0.3 is 12.1 Å². The molecule has 1 aliphatic rings. The van der Waals surface area contributed by atoms with E-state index in [1.54, 1.807) is 20.8 Å². The second-order valence-electron chi connectivity index (χ2n) is 10.9. The van der Waals surface area contributed by atoms with Gasteiger partial charge in [0.1, 0.15) is 18.7 Å². The molecule has 1 fully saturated rings. The Morgan fingerprint density at radius 2 is 1.57 bits per heavy atom. The highest BCUT2D eigenvalue weighted by atomic mass is 16.5. The molecule has 236 valence electrons. The van der Waals surface area contributed by atoms with Gasteiger partial charge in [-0.3, -0.25) is 14.4 Å². The van der Waals surface area contributed by atoms with Crippen LogP contribution in [0.25, 0.3) is 0 Å². The molecule has 0 radical (unpaired) electrons. The zero-order valence-corrected chi connectivity index (χ0v) is 25.4. The second-order valence-corrected chi connectivity index (χ2v) is 10.9. The topological polar surface area (TPSA) is 152 Å². The van der Waals surface area contributed by atoms with E-state index in [1.165, 1.54) is 12.2 Å². The normalized spacial score (nSPS) is 16.5. The minimum absolute atomic E-state index is 0.0396. The number of nitrogens with one attached hydrogen (secondary N) is 4. The van der Waals surface area contributed by atoms with E-state index in [0.717, 1.165) is 11.1 Å². The number of amides is 4. The summed E-state index contributed by atoms with van der Waals surface area (Å²) in [6.45, 7) is 6.01. The fraction of sp³-hybridized carbons (Fsp3) is 0.424. The van der Waals surface area contributed by atoms with Gasteiger partial charge in [0.05, 0.1) is 6.61 Å². The Kier molecular flexibility index (Phi) is 13.4. The molecule has 1 saturated heterocycles. The van der Waals surface area contributed by atoms with Crippen molar-refractivity contribution in [3.63, 3.8) is 0 Å². The summed E-state index contributed by atoms with van der Waals surface area (Å²) in [7, 11) is 0. The van der Waals surface area contributed by atoms with E-state index in [1.807, 2.05) is 60.7 Å². The first kappa shape index (κ1) is 33.8. The summed E-state index contributed by atoms with van der Waals surface area (Å²) < 4.78 is 10.3. The minimum Gasteiger partial charge on any atom is -0.463 e. The van der Waals surface area contributed by atoms with Gasteiger partial charge in [-0.05, 0) is 36.8 Å². The van der Waals surface area contributed by atoms with Crippen LogP contribution >= 0.6 is 0 Å². The molecule has 0 saturated carbocycles. The van der Waals surface area contributed by atoms with Crippen LogP contribution in [-0.2, 0) is 41.7 Å². The van der Waals surface area contributed by atoms with Gasteiger partial charge in [0, 0.05) is 31.0 Å². The second kappa shape index (κ2) is 17.4. The first-order valence-corrected chi connectivity index (χ1v) is 14.9. The molecule has 0 bridgehead atoms. The van der Waals surface area contributed by atoms with Crippen LogP contribution in [0.3, 0.4) is 0 Å². The van der Waals surface area contributed by atoms with Crippen LogP contribution in [0.15, 0.2) is 72.8 Å². The van der Waals surface area contributed by atoms with Gasteiger partial charge in [0.25, 0.3) is 0 Å². The van der Waals surface area contributed by atoms with Gasteiger partial charge in [-0.2, -0.15) is 0 Å². The Bertz CT molecular complexity index is 1280. The molecule has 0 unspecified atom stereocenters. The lowest BCUT2D eigenvalue weighted by molar-refractivity contribution is -0.137. The Morgan fingerprint density at radius 1 is 0.909 bits per heavy atom. The Labute approximate surface area is 258 Å². The van der Waals surface area contributed by atoms with Gasteiger partial charge in [-0.25, -0.2) is 9.59 Å². The van der Waals surface area contributed by atoms with E-state index < -0.39 is 42.0 Å². The van der Waals surface area contributed by atoms with Crippen molar-refractivity contribution in [1.82, 2.24) is 21.3 Å². The number of hydrogen-bond donors (Lipinski definition) is 4. The van der Waals surface area contributed by atoms with Crippen molar-refractivity contribution in [3.05, 3.63) is 83.9 Å². The van der Waals surface area contributed by atoms with Crippen LogP contribution < -0.4 is 21.3 Å². The highest BCUT2D eigenvalue weighted by molar-refractivity contribution is 5.92. The summed E-state index contributed by atoms with van der Waals surface area (Å²) in [4.78, 5) is 64.1. The van der Waals surface area contributed by atoms with Crippen LogP contribution in [0.5, 0.6) is 0 Å². The van der Waals surface area contributed by atoms with Gasteiger partial charge in [0.2, 0.25) is 17.7 Å². The molecule has 4 amide bonds. The summed E-state index contributed by atoms with van der Waals surface area (Å²) in [6, 6.07) is 15.7. The molecular weight excluding hydrogens is 564 g/mol. The summed E-state index contributed by atoms with van der Waals surface area (Å²) in [5, 5.41) is 11.1. The molecule has 3 rings (SSSR count). The highest BCUT2D eigenvalue weighted by Crippen LogP contribution is 2.17. The molecule has 2 aromatic rings. The number of alkyl carbamates (subject to hydrolysis) is 1. The molecule has 0 spiro atoms. The Morgan fingerprint density at radius 3 is 2.16 bits per heavy atom. The number of rotatable bonds is 15. The molecule has 0 aliphatic carbocycles. The molecule has 2 aromatic carbocycles. The van der Waals surface area contributed by atoms with E-state index in [9.17, 15) is 24.0 Å². The summed E-state index contributed by atoms with van der Waals surface area (Å²) in [5.41, 5.74) is 1.60. The maximum atomic E-state index is 13.7. The maximum Gasteiger partial charge on any atom is 0.408 e. The van der Waals surface area contributed by atoms with E-state index in [0.29, 0.717) is 13.0 Å². The maximum absolute atomic E-state index is 13.7. The van der Waals surface area contributed by atoms with Crippen molar-refractivity contribution in [3.8, 4) is 0 Å². The first-order valence-electron chi connectivity index (χ1n) is 14.9. The minimum atomic E-state index is -1.02. The fourth-order valence-electron chi connectivity index (χ4n) is 4.78. The molecule has 11 heteroatoms. The fourth-order valence-corrected chi connectivity index (χ4v) is 4.78. The average Bonchev–Trinajstić information content (AvgIpc) is 3.41. The molecule has 44 heavy (non-hydrogen) atoms.